The summed E-state index contributed by atoms with van der Waals surface area (Å²) < 4.78 is 5.10. The van der Waals surface area contributed by atoms with E-state index < -0.39 is 11.5 Å². The van der Waals surface area contributed by atoms with Crippen molar-refractivity contribution in [3.8, 4) is 0 Å². The van der Waals surface area contributed by atoms with Gasteiger partial charge < -0.3 is 10.1 Å². The lowest BCUT2D eigenvalue weighted by Crippen LogP contribution is -2.38. The zero-order chi connectivity index (χ0) is 20.8. The summed E-state index contributed by atoms with van der Waals surface area (Å²) in [6.45, 7) is 2.11. The normalized spacial score (nSPS) is 11.1. The molecule has 0 radical (unpaired) electrons. The third-order valence-electron chi connectivity index (χ3n) is 4.90. The van der Waals surface area contributed by atoms with Crippen molar-refractivity contribution in [2.45, 2.75) is 12.5 Å². The van der Waals surface area contributed by atoms with Crippen molar-refractivity contribution >= 4 is 22.4 Å². The van der Waals surface area contributed by atoms with Gasteiger partial charge in [0.25, 0.3) is 0 Å². The zero-order valence-electron chi connectivity index (χ0n) is 16.6. The molecule has 0 unspecified atom stereocenters. The second kappa shape index (κ2) is 8.93. The molecule has 0 atom stereocenters. The maximum absolute atomic E-state index is 12.1. The van der Waals surface area contributed by atoms with Crippen LogP contribution in [0.15, 0.2) is 96.4 Å². The number of aromatic nitrogens is 1. The van der Waals surface area contributed by atoms with Crippen LogP contribution < -0.4 is 5.32 Å². The summed E-state index contributed by atoms with van der Waals surface area (Å²) >= 11 is 1.39. The highest BCUT2D eigenvalue weighted by atomic mass is 32.1. The number of benzene rings is 3. The summed E-state index contributed by atoms with van der Waals surface area (Å²) in [5.74, 6) is -0.411. The predicted molar refractivity (Wildman–Crippen MR) is 121 cm³/mol. The molecule has 0 fully saturated rings. The number of hydrogen-bond acceptors (Lipinski definition) is 5. The summed E-state index contributed by atoms with van der Waals surface area (Å²) in [6, 6.07) is 30.8. The molecule has 0 aliphatic rings. The Morgan fingerprint density at radius 2 is 1.33 bits per heavy atom. The molecular formula is C25H22N2O2S. The average Bonchev–Trinajstić information content (AvgIpc) is 3.28. The molecule has 0 aliphatic carbocycles. The Hall–Kier alpha value is -3.44. The van der Waals surface area contributed by atoms with Gasteiger partial charge in [0.05, 0.1) is 6.61 Å². The van der Waals surface area contributed by atoms with Crippen molar-refractivity contribution < 1.29 is 9.53 Å². The third-order valence-corrected chi connectivity index (χ3v) is 5.66. The van der Waals surface area contributed by atoms with Gasteiger partial charge in [-0.15, -0.1) is 11.3 Å². The third kappa shape index (κ3) is 3.84. The molecule has 0 saturated heterocycles. The minimum absolute atomic E-state index is 0.312. The Bertz CT molecular complexity index is 999. The Balaban J connectivity index is 1.88. The molecule has 1 aromatic heterocycles. The van der Waals surface area contributed by atoms with Crippen LogP contribution >= 0.6 is 11.3 Å². The number of anilines is 1. The molecule has 4 nitrogen and oxygen atoms in total. The minimum atomic E-state index is -0.673. The van der Waals surface area contributed by atoms with Gasteiger partial charge >= 0.3 is 5.97 Å². The Labute approximate surface area is 180 Å². The highest BCUT2D eigenvalue weighted by Crippen LogP contribution is 2.40. The van der Waals surface area contributed by atoms with Crippen molar-refractivity contribution in [1.29, 1.82) is 0 Å². The van der Waals surface area contributed by atoms with Gasteiger partial charge in [-0.25, -0.2) is 9.78 Å². The molecule has 0 bridgehead atoms. The number of thiazole rings is 1. The fraction of sp³-hybridized carbons (Fsp3) is 0.120. The summed E-state index contributed by atoms with van der Waals surface area (Å²) in [6.07, 6.45) is 0. The van der Waals surface area contributed by atoms with Gasteiger partial charge in [-0.05, 0) is 23.6 Å². The van der Waals surface area contributed by atoms with Crippen LogP contribution in [0.2, 0.25) is 0 Å². The number of rotatable bonds is 7. The molecule has 1 heterocycles. The van der Waals surface area contributed by atoms with Crippen LogP contribution in [0.1, 0.15) is 34.1 Å². The van der Waals surface area contributed by atoms with E-state index in [1.54, 1.807) is 12.3 Å². The zero-order valence-corrected chi connectivity index (χ0v) is 17.4. The number of hydrogen-bond donors (Lipinski definition) is 1. The lowest BCUT2D eigenvalue weighted by atomic mass is 9.77. The number of nitrogens with zero attached hydrogens (tertiary/aromatic N) is 1. The maximum Gasteiger partial charge on any atom is 0.357 e. The Morgan fingerprint density at radius 3 is 1.77 bits per heavy atom. The lowest BCUT2D eigenvalue weighted by Gasteiger charge is -2.36. The van der Waals surface area contributed by atoms with Crippen LogP contribution in [-0.2, 0) is 10.3 Å². The molecule has 4 aromatic rings. The fourth-order valence-electron chi connectivity index (χ4n) is 3.57. The second-order valence-electron chi connectivity index (χ2n) is 6.73. The first-order valence-corrected chi connectivity index (χ1v) is 10.7. The topological polar surface area (TPSA) is 51.2 Å². The van der Waals surface area contributed by atoms with Gasteiger partial charge in [-0.3, -0.25) is 0 Å². The van der Waals surface area contributed by atoms with Gasteiger partial charge in [0.2, 0.25) is 0 Å². The van der Waals surface area contributed by atoms with E-state index in [0.29, 0.717) is 17.4 Å². The summed E-state index contributed by atoms with van der Waals surface area (Å²) in [7, 11) is 0. The van der Waals surface area contributed by atoms with Gasteiger partial charge in [-0.1, -0.05) is 91.0 Å². The highest BCUT2D eigenvalue weighted by molar-refractivity contribution is 7.13. The summed E-state index contributed by atoms with van der Waals surface area (Å²) in [4.78, 5) is 16.7. The molecule has 0 aliphatic heterocycles. The molecule has 5 heteroatoms. The first-order chi connectivity index (χ1) is 14.7. The minimum Gasteiger partial charge on any atom is -0.461 e. The van der Waals surface area contributed by atoms with Gasteiger partial charge in [0.1, 0.15) is 5.54 Å². The molecule has 30 heavy (non-hydrogen) atoms. The Morgan fingerprint density at radius 1 is 0.867 bits per heavy atom. The molecule has 1 N–H and O–H groups in total. The first-order valence-electron chi connectivity index (χ1n) is 9.81. The van der Waals surface area contributed by atoms with Crippen LogP contribution in [0.3, 0.4) is 0 Å². The van der Waals surface area contributed by atoms with E-state index in [-0.39, 0.29) is 0 Å². The predicted octanol–water partition coefficient (Wildman–Crippen LogP) is 5.72. The lowest BCUT2D eigenvalue weighted by molar-refractivity contribution is 0.0520. The van der Waals surface area contributed by atoms with Crippen LogP contribution in [0, 0.1) is 0 Å². The van der Waals surface area contributed by atoms with Gasteiger partial charge in [0, 0.05) is 5.38 Å². The SMILES string of the molecule is CCOC(=O)c1csc(NC(c2ccccc2)(c2ccccc2)c2ccccc2)n1. The van der Waals surface area contributed by atoms with E-state index in [1.807, 2.05) is 54.6 Å². The maximum atomic E-state index is 12.1. The van der Waals surface area contributed by atoms with E-state index in [2.05, 4.69) is 46.7 Å². The van der Waals surface area contributed by atoms with E-state index in [1.165, 1.54) is 11.3 Å². The average molecular weight is 415 g/mol. The quantitative estimate of drug-likeness (QED) is 0.310. The fourth-order valence-corrected chi connectivity index (χ4v) is 4.31. The summed E-state index contributed by atoms with van der Waals surface area (Å²) in [5.41, 5.74) is 2.88. The van der Waals surface area contributed by atoms with Crippen molar-refractivity contribution in [2.75, 3.05) is 11.9 Å². The summed E-state index contributed by atoms with van der Waals surface area (Å²) in [5, 5.41) is 6.03. The van der Waals surface area contributed by atoms with Crippen molar-refractivity contribution in [2.24, 2.45) is 0 Å². The molecular weight excluding hydrogens is 392 g/mol. The molecule has 3 aromatic carbocycles. The van der Waals surface area contributed by atoms with Crippen molar-refractivity contribution in [3.63, 3.8) is 0 Å². The van der Waals surface area contributed by atoms with Crippen molar-refractivity contribution in [1.82, 2.24) is 4.98 Å². The highest BCUT2D eigenvalue weighted by Gasteiger charge is 2.37. The number of carbonyl (C=O) groups is 1. The molecule has 0 saturated carbocycles. The van der Waals surface area contributed by atoms with Crippen LogP contribution in [0.25, 0.3) is 0 Å². The number of carbonyl (C=O) groups excluding carboxylic acids is 1. The molecule has 4 rings (SSSR count). The number of ether oxygens (including phenoxy) is 1. The number of esters is 1. The van der Waals surface area contributed by atoms with Crippen LogP contribution in [-0.4, -0.2) is 17.6 Å². The van der Waals surface area contributed by atoms with E-state index in [0.717, 1.165) is 16.7 Å². The smallest absolute Gasteiger partial charge is 0.357 e. The molecule has 150 valence electrons. The largest absolute Gasteiger partial charge is 0.461 e. The molecule has 0 amide bonds. The van der Waals surface area contributed by atoms with Crippen LogP contribution in [0.5, 0.6) is 0 Å². The second-order valence-corrected chi connectivity index (χ2v) is 7.59. The van der Waals surface area contributed by atoms with Crippen molar-refractivity contribution in [3.05, 3.63) is 119 Å². The first kappa shape index (κ1) is 19.9. The standard InChI is InChI=1S/C25H22N2O2S/c1-2-29-23(28)22-18-30-24(26-22)27-25(19-12-6-3-7-13-19,20-14-8-4-9-15-20)21-16-10-5-11-17-21/h3-18H,2H2,1H3,(H,26,27). The monoisotopic (exact) mass is 414 g/mol. The van der Waals surface area contributed by atoms with E-state index in [4.69, 9.17) is 4.74 Å². The molecule has 0 spiro atoms. The van der Waals surface area contributed by atoms with E-state index >= 15 is 0 Å². The van der Waals surface area contributed by atoms with E-state index in [9.17, 15) is 4.79 Å². The van der Waals surface area contributed by atoms with Crippen LogP contribution in [0.4, 0.5) is 5.13 Å². The van der Waals surface area contributed by atoms with Gasteiger partial charge in [-0.2, -0.15) is 0 Å². The Kier molecular flexibility index (Phi) is 5.91. The number of nitrogens with one attached hydrogen (secondary N) is 1. The van der Waals surface area contributed by atoms with Gasteiger partial charge in [0.15, 0.2) is 10.8 Å².